The first-order valence-corrected chi connectivity index (χ1v) is 11.1. The van der Waals surface area contributed by atoms with Crippen molar-refractivity contribution in [2.45, 2.75) is 31.5 Å². The van der Waals surface area contributed by atoms with Crippen molar-refractivity contribution in [2.24, 2.45) is 7.05 Å². The van der Waals surface area contributed by atoms with Crippen LogP contribution in [0.1, 0.15) is 30.2 Å². The fourth-order valence-corrected chi connectivity index (χ4v) is 4.16. The molecule has 7 nitrogen and oxygen atoms in total. The summed E-state index contributed by atoms with van der Waals surface area (Å²) in [6.45, 7) is 3.03. The van der Waals surface area contributed by atoms with E-state index < -0.39 is 12.1 Å². The highest BCUT2D eigenvalue weighted by atomic mass is 19.4. The summed E-state index contributed by atoms with van der Waals surface area (Å²) in [6.07, 6.45) is 0.783. The molecular formula is C25H25F3N4O3. The zero-order valence-electron chi connectivity index (χ0n) is 19.1. The smallest absolute Gasteiger partial charge is 0.475 e. The molecule has 1 saturated heterocycles. The Hall–Kier alpha value is -3.66. The van der Waals surface area contributed by atoms with Gasteiger partial charge in [-0.15, -0.1) is 0 Å². The van der Waals surface area contributed by atoms with Crippen molar-refractivity contribution in [3.63, 3.8) is 0 Å². The van der Waals surface area contributed by atoms with E-state index in [0.717, 1.165) is 60.5 Å². The standard InChI is InChI=1S/C23H24N4O.C2HF3O2/c1-26-16-24-23-21(26)14-20(25-22(23)18-6-3-2-4-7-18)17-9-11-27(12-10-17)15-19-8-5-13-28-19;3-2(4,5)1(6)7/h2-8,13-14,16-17H,9-12,15H2,1H3;(H,6,7). The lowest BCUT2D eigenvalue weighted by Crippen LogP contribution is -2.32. The van der Waals surface area contributed by atoms with Gasteiger partial charge in [-0.25, -0.2) is 9.78 Å². The molecule has 4 aromatic rings. The number of carbonyl (C=O) groups is 1. The number of aliphatic carboxylic acids is 1. The maximum Gasteiger partial charge on any atom is 0.490 e. The molecule has 0 spiro atoms. The van der Waals surface area contributed by atoms with Gasteiger partial charge in [-0.1, -0.05) is 30.3 Å². The van der Waals surface area contributed by atoms with E-state index in [-0.39, 0.29) is 0 Å². The van der Waals surface area contributed by atoms with Gasteiger partial charge in [0, 0.05) is 24.2 Å². The van der Waals surface area contributed by atoms with Crippen molar-refractivity contribution in [3.8, 4) is 11.3 Å². The SMILES string of the molecule is Cn1cnc2c(-c3ccccc3)nc(C3CCN(Cc4ccco4)CC3)cc21.O=C(O)C(F)(F)F. The number of hydrogen-bond donors (Lipinski definition) is 1. The number of carboxylic acids is 1. The van der Waals surface area contributed by atoms with Gasteiger partial charge in [-0.2, -0.15) is 13.2 Å². The molecule has 0 amide bonds. The monoisotopic (exact) mass is 486 g/mol. The number of likely N-dealkylation sites (tertiary alicyclic amines) is 1. The number of fused-ring (bicyclic) bond motifs is 1. The van der Waals surface area contributed by atoms with E-state index in [9.17, 15) is 13.2 Å². The molecule has 3 aromatic heterocycles. The van der Waals surface area contributed by atoms with Crippen molar-refractivity contribution in [2.75, 3.05) is 13.1 Å². The van der Waals surface area contributed by atoms with E-state index in [1.165, 1.54) is 5.69 Å². The van der Waals surface area contributed by atoms with Gasteiger partial charge in [-0.05, 0) is 44.1 Å². The molecule has 0 saturated carbocycles. The third kappa shape index (κ3) is 5.89. The molecule has 1 aliphatic heterocycles. The fraction of sp³-hybridized carbons (Fsp3) is 0.320. The van der Waals surface area contributed by atoms with Crippen LogP contribution in [0.25, 0.3) is 22.3 Å². The molecule has 1 N–H and O–H groups in total. The van der Waals surface area contributed by atoms with E-state index >= 15 is 0 Å². The van der Waals surface area contributed by atoms with Gasteiger partial charge in [0.2, 0.25) is 0 Å². The van der Waals surface area contributed by atoms with E-state index in [1.807, 2.05) is 18.5 Å². The van der Waals surface area contributed by atoms with E-state index in [0.29, 0.717) is 5.92 Å². The van der Waals surface area contributed by atoms with Gasteiger partial charge in [0.15, 0.2) is 0 Å². The molecule has 35 heavy (non-hydrogen) atoms. The number of imidazole rings is 1. The summed E-state index contributed by atoms with van der Waals surface area (Å²) in [5.74, 6) is -1.23. The number of hydrogen-bond acceptors (Lipinski definition) is 5. The molecule has 0 unspecified atom stereocenters. The van der Waals surface area contributed by atoms with Gasteiger partial charge in [-0.3, -0.25) is 9.88 Å². The minimum atomic E-state index is -5.08. The first-order valence-electron chi connectivity index (χ1n) is 11.1. The van der Waals surface area contributed by atoms with Crippen LogP contribution in [0, 0.1) is 0 Å². The zero-order valence-corrected chi connectivity index (χ0v) is 19.1. The van der Waals surface area contributed by atoms with E-state index in [4.69, 9.17) is 19.3 Å². The van der Waals surface area contributed by atoms with Crippen LogP contribution >= 0.6 is 0 Å². The zero-order chi connectivity index (χ0) is 25.0. The quantitative estimate of drug-likeness (QED) is 0.425. The van der Waals surface area contributed by atoms with Gasteiger partial charge >= 0.3 is 12.1 Å². The highest BCUT2D eigenvalue weighted by molar-refractivity contribution is 5.90. The largest absolute Gasteiger partial charge is 0.490 e. The number of furan rings is 1. The molecule has 1 fully saturated rings. The van der Waals surface area contributed by atoms with E-state index in [2.05, 4.69) is 57.9 Å². The van der Waals surface area contributed by atoms with Gasteiger partial charge in [0.1, 0.15) is 11.3 Å². The van der Waals surface area contributed by atoms with Gasteiger partial charge in [0.25, 0.3) is 0 Å². The highest BCUT2D eigenvalue weighted by Crippen LogP contribution is 2.33. The Kier molecular flexibility index (Phi) is 7.20. The average molecular weight is 486 g/mol. The molecule has 1 aromatic carbocycles. The van der Waals surface area contributed by atoms with Crippen LogP contribution in [0.3, 0.4) is 0 Å². The van der Waals surface area contributed by atoms with Crippen LogP contribution in [0.4, 0.5) is 13.2 Å². The normalized spacial score (nSPS) is 15.1. The van der Waals surface area contributed by atoms with Crippen LogP contribution in [0.5, 0.6) is 0 Å². The predicted molar refractivity (Wildman–Crippen MR) is 124 cm³/mol. The summed E-state index contributed by atoms with van der Waals surface area (Å²) >= 11 is 0. The Balaban J connectivity index is 0.000000364. The third-order valence-electron chi connectivity index (χ3n) is 5.99. The molecule has 184 valence electrons. The molecular weight excluding hydrogens is 461 g/mol. The second kappa shape index (κ2) is 10.3. The summed E-state index contributed by atoms with van der Waals surface area (Å²) in [4.78, 5) is 21.1. The number of carboxylic acid groups (broad SMARTS) is 1. The molecule has 5 rings (SSSR count). The summed E-state index contributed by atoms with van der Waals surface area (Å²) in [7, 11) is 2.06. The molecule has 10 heteroatoms. The van der Waals surface area contributed by atoms with Crippen molar-refractivity contribution in [1.82, 2.24) is 19.4 Å². The Bertz CT molecular complexity index is 1260. The predicted octanol–water partition coefficient (Wildman–Crippen LogP) is 5.24. The van der Waals surface area contributed by atoms with Crippen molar-refractivity contribution in [3.05, 3.63) is 72.6 Å². The summed E-state index contributed by atoms with van der Waals surface area (Å²) in [5, 5.41) is 7.12. The summed E-state index contributed by atoms with van der Waals surface area (Å²) in [5.41, 5.74) is 5.44. The minimum Gasteiger partial charge on any atom is -0.475 e. The third-order valence-corrected chi connectivity index (χ3v) is 5.99. The maximum absolute atomic E-state index is 10.6. The van der Waals surface area contributed by atoms with Crippen LogP contribution in [-0.2, 0) is 18.4 Å². The number of pyridine rings is 1. The molecule has 0 radical (unpaired) electrons. The topological polar surface area (TPSA) is 84.4 Å². The molecule has 1 aliphatic rings. The molecule has 4 heterocycles. The summed E-state index contributed by atoms with van der Waals surface area (Å²) < 4.78 is 39.3. The average Bonchev–Trinajstić information content (AvgIpc) is 3.49. The fourth-order valence-electron chi connectivity index (χ4n) is 4.16. The number of nitrogens with zero attached hydrogens (tertiary/aromatic N) is 4. The maximum atomic E-state index is 10.6. The molecule has 0 aliphatic carbocycles. The number of halogens is 3. The number of alkyl halides is 3. The second-order valence-corrected chi connectivity index (χ2v) is 8.42. The van der Waals surface area contributed by atoms with Gasteiger partial charge in [0.05, 0.1) is 30.3 Å². The first kappa shape index (κ1) is 24.5. The second-order valence-electron chi connectivity index (χ2n) is 8.42. The number of aromatic nitrogens is 3. The van der Waals surface area contributed by atoms with Crippen molar-refractivity contribution in [1.29, 1.82) is 0 Å². The van der Waals surface area contributed by atoms with Gasteiger partial charge < -0.3 is 14.1 Å². The van der Waals surface area contributed by atoms with Crippen molar-refractivity contribution >= 4 is 17.0 Å². The van der Waals surface area contributed by atoms with Crippen LogP contribution in [0.2, 0.25) is 0 Å². The molecule has 0 atom stereocenters. The Morgan fingerprint density at radius 1 is 1.14 bits per heavy atom. The lowest BCUT2D eigenvalue weighted by atomic mass is 9.92. The Labute approximate surface area is 199 Å². The number of piperidine rings is 1. The Morgan fingerprint density at radius 3 is 2.43 bits per heavy atom. The molecule has 0 bridgehead atoms. The number of benzene rings is 1. The van der Waals surface area contributed by atoms with Crippen LogP contribution in [-0.4, -0.2) is 49.8 Å². The first-order chi connectivity index (χ1) is 16.7. The van der Waals surface area contributed by atoms with E-state index in [1.54, 1.807) is 6.26 Å². The van der Waals surface area contributed by atoms with Crippen molar-refractivity contribution < 1.29 is 27.5 Å². The highest BCUT2D eigenvalue weighted by Gasteiger charge is 2.38. The van der Waals surface area contributed by atoms with Crippen LogP contribution < -0.4 is 0 Å². The lowest BCUT2D eigenvalue weighted by Gasteiger charge is -2.31. The number of rotatable bonds is 4. The number of aryl methyl sites for hydroxylation is 1. The lowest BCUT2D eigenvalue weighted by molar-refractivity contribution is -0.192. The minimum absolute atomic E-state index is 0.481. The van der Waals surface area contributed by atoms with Crippen LogP contribution in [0.15, 0.2) is 65.5 Å². The Morgan fingerprint density at radius 2 is 1.83 bits per heavy atom. The summed E-state index contributed by atoms with van der Waals surface area (Å²) in [6, 6.07) is 16.6.